The van der Waals surface area contributed by atoms with E-state index < -0.39 is 0 Å². The molecular formula is C20H24N10. The van der Waals surface area contributed by atoms with E-state index >= 15 is 0 Å². The summed E-state index contributed by atoms with van der Waals surface area (Å²) in [6.45, 7) is 2.46. The second kappa shape index (κ2) is 7.73. The third-order valence-corrected chi connectivity index (χ3v) is 5.44. The molecule has 10 nitrogen and oxygen atoms in total. The first-order valence-corrected chi connectivity index (χ1v) is 9.99. The highest BCUT2D eigenvalue weighted by atomic mass is 15.4. The summed E-state index contributed by atoms with van der Waals surface area (Å²) in [5.74, 6) is 7.04. The Morgan fingerprint density at radius 3 is 2.87 bits per heavy atom. The Balaban J connectivity index is 1.38. The zero-order chi connectivity index (χ0) is 20.5. The summed E-state index contributed by atoms with van der Waals surface area (Å²) in [5, 5.41) is 9.43. The van der Waals surface area contributed by atoms with E-state index in [0.29, 0.717) is 24.1 Å². The lowest BCUT2D eigenvalue weighted by atomic mass is 10.1. The Morgan fingerprint density at radius 1 is 1.13 bits per heavy atom. The van der Waals surface area contributed by atoms with Gasteiger partial charge in [-0.05, 0) is 37.6 Å². The van der Waals surface area contributed by atoms with Gasteiger partial charge in [0.1, 0.15) is 5.65 Å². The average Bonchev–Trinajstić information content (AvgIpc) is 3.44. The second-order valence-electron chi connectivity index (χ2n) is 7.51. The predicted octanol–water partition coefficient (Wildman–Crippen LogP) is 1.37. The summed E-state index contributed by atoms with van der Waals surface area (Å²) in [4.78, 5) is 13.2. The summed E-state index contributed by atoms with van der Waals surface area (Å²) in [7, 11) is 0. The van der Waals surface area contributed by atoms with Gasteiger partial charge in [0.05, 0.1) is 30.7 Å². The first-order chi connectivity index (χ1) is 14.7. The van der Waals surface area contributed by atoms with Gasteiger partial charge < -0.3 is 15.5 Å². The van der Waals surface area contributed by atoms with Crippen molar-refractivity contribution in [3.05, 3.63) is 54.9 Å². The van der Waals surface area contributed by atoms with Gasteiger partial charge in [0, 0.05) is 30.4 Å². The minimum absolute atomic E-state index is 0.288. The quantitative estimate of drug-likeness (QED) is 0.336. The zero-order valence-corrected chi connectivity index (χ0v) is 16.5. The van der Waals surface area contributed by atoms with Crippen LogP contribution < -0.4 is 21.9 Å². The second-order valence-corrected chi connectivity index (χ2v) is 7.51. The molecule has 5 N–H and O–H groups in total. The van der Waals surface area contributed by atoms with Gasteiger partial charge in [-0.3, -0.25) is 9.69 Å². The highest BCUT2D eigenvalue weighted by Crippen LogP contribution is 2.25. The fourth-order valence-electron chi connectivity index (χ4n) is 3.81. The van der Waals surface area contributed by atoms with E-state index in [1.54, 1.807) is 12.4 Å². The largest absolute Gasteiger partial charge is 0.381 e. The van der Waals surface area contributed by atoms with Crippen LogP contribution in [0, 0.1) is 0 Å². The van der Waals surface area contributed by atoms with Crippen LogP contribution in [0.2, 0.25) is 0 Å². The standard InChI is InChI=1S/C20H24N10/c21-19-20(29(22)12-14-1-2-18-24-7-8-28(18)11-14)27-17(10-25-19)15-9-26-30(13-15)16-3-5-23-6-4-16/h1-2,7-11,13,16,23H,3-6,12,22H2,(H2,21,25). The number of hydrogen-bond acceptors (Lipinski definition) is 8. The minimum Gasteiger partial charge on any atom is -0.381 e. The molecule has 4 aromatic heterocycles. The maximum atomic E-state index is 6.31. The molecule has 0 atom stereocenters. The van der Waals surface area contributed by atoms with Crippen LogP contribution in [0.3, 0.4) is 0 Å². The van der Waals surface area contributed by atoms with Gasteiger partial charge in [-0.1, -0.05) is 6.07 Å². The maximum absolute atomic E-state index is 6.31. The molecule has 0 aromatic carbocycles. The Labute approximate surface area is 173 Å². The number of fused-ring (bicyclic) bond motifs is 1. The predicted molar refractivity (Wildman–Crippen MR) is 114 cm³/mol. The molecule has 5 rings (SSSR count). The highest BCUT2D eigenvalue weighted by Gasteiger charge is 2.18. The molecule has 154 valence electrons. The van der Waals surface area contributed by atoms with E-state index in [0.717, 1.165) is 42.7 Å². The Morgan fingerprint density at radius 2 is 2.00 bits per heavy atom. The number of nitrogen functional groups attached to an aromatic ring is 1. The molecule has 4 aromatic rings. The molecule has 0 aliphatic carbocycles. The van der Waals surface area contributed by atoms with Gasteiger partial charge in [0.2, 0.25) is 0 Å². The molecule has 1 aliphatic heterocycles. The maximum Gasteiger partial charge on any atom is 0.186 e. The van der Waals surface area contributed by atoms with E-state index in [1.165, 1.54) is 5.01 Å². The average molecular weight is 404 g/mol. The molecule has 0 bridgehead atoms. The number of hydrazine groups is 1. The van der Waals surface area contributed by atoms with Crippen LogP contribution in [0.15, 0.2) is 49.3 Å². The molecule has 0 unspecified atom stereocenters. The van der Waals surface area contributed by atoms with Gasteiger partial charge >= 0.3 is 0 Å². The Bertz CT molecular complexity index is 1160. The zero-order valence-electron chi connectivity index (χ0n) is 16.5. The number of nitrogens with two attached hydrogens (primary N) is 2. The Kier molecular flexibility index (Phi) is 4.77. The highest BCUT2D eigenvalue weighted by molar-refractivity contribution is 5.65. The summed E-state index contributed by atoms with van der Waals surface area (Å²) in [6, 6.07) is 4.34. The number of pyridine rings is 1. The van der Waals surface area contributed by atoms with Gasteiger partial charge in [0.25, 0.3) is 0 Å². The van der Waals surface area contributed by atoms with Crippen LogP contribution in [0.25, 0.3) is 16.9 Å². The molecule has 5 heterocycles. The number of piperidine rings is 1. The number of aromatic nitrogens is 6. The van der Waals surface area contributed by atoms with Gasteiger partial charge in [-0.15, -0.1) is 0 Å². The van der Waals surface area contributed by atoms with Crippen molar-refractivity contribution in [2.75, 3.05) is 23.8 Å². The minimum atomic E-state index is 0.288. The number of nitrogens with one attached hydrogen (secondary N) is 1. The molecule has 1 saturated heterocycles. The molecule has 0 saturated carbocycles. The molecule has 1 fully saturated rings. The lowest BCUT2D eigenvalue weighted by molar-refractivity contribution is 0.343. The fourth-order valence-corrected chi connectivity index (χ4v) is 3.81. The van der Waals surface area contributed by atoms with Crippen molar-refractivity contribution >= 4 is 17.3 Å². The SMILES string of the molecule is Nc1ncc(-c2cnn(C3CCNCC3)c2)nc1N(N)Cc1ccc2nccn2c1. The first kappa shape index (κ1) is 18.5. The van der Waals surface area contributed by atoms with Crippen LogP contribution in [0.1, 0.15) is 24.4 Å². The summed E-state index contributed by atoms with van der Waals surface area (Å²) < 4.78 is 3.97. The molecule has 0 spiro atoms. The molecule has 0 radical (unpaired) electrons. The summed E-state index contributed by atoms with van der Waals surface area (Å²) in [6.07, 6.45) is 13.3. The van der Waals surface area contributed by atoms with Crippen LogP contribution in [0.5, 0.6) is 0 Å². The third kappa shape index (κ3) is 3.58. The van der Waals surface area contributed by atoms with Crippen molar-refractivity contribution in [1.29, 1.82) is 0 Å². The van der Waals surface area contributed by atoms with E-state index in [-0.39, 0.29) is 5.82 Å². The van der Waals surface area contributed by atoms with Crippen molar-refractivity contribution in [2.45, 2.75) is 25.4 Å². The summed E-state index contributed by atoms with van der Waals surface area (Å²) >= 11 is 0. The van der Waals surface area contributed by atoms with Crippen molar-refractivity contribution < 1.29 is 0 Å². The van der Waals surface area contributed by atoms with Crippen molar-refractivity contribution in [1.82, 2.24) is 34.4 Å². The van der Waals surface area contributed by atoms with Crippen LogP contribution in [0.4, 0.5) is 11.6 Å². The fraction of sp³-hybridized carbons (Fsp3) is 0.300. The molecule has 1 aliphatic rings. The third-order valence-electron chi connectivity index (χ3n) is 5.44. The van der Waals surface area contributed by atoms with Crippen molar-refractivity contribution in [3.63, 3.8) is 0 Å². The van der Waals surface area contributed by atoms with Crippen molar-refractivity contribution in [3.8, 4) is 11.3 Å². The number of rotatable bonds is 5. The van der Waals surface area contributed by atoms with Crippen LogP contribution in [-0.4, -0.2) is 42.2 Å². The van der Waals surface area contributed by atoms with Crippen molar-refractivity contribution in [2.24, 2.45) is 5.84 Å². The summed E-state index contributed by atoms with van der Waals surface area (Å²) in [5.41, 5.74) is 9.56. The number of hydrogen-bond donors (Lipinski definition) is 3. The Hall–Kier alpha value is -3.50. The van der Waals surface area contributed by atoms with Gasteiger partial charge in [0.15, 0.2) is 11.6 Å². The molecule has 0 amide bonds. The lowest BCUT2D eigenvalue weighted by Crippen LogP contribution is -2.32. The van der Waals surface area contributed by atoms with Crippen LogP contribution in [-0.2, 0) is 6.54 Å². The molecule has 30 heavy (non-hydrogen) atoms. The number of imidazole rings is 1. The lowest BCUT2D eigenvalue weighted by Gasteiger charge is -2.22. The monoisotopic (exact) mass is 404 g/mol. The van der Waals surface area contributed by atoms with E-state index in [4.69, 9.17) is 11.6 Å². The first-order valence-electron chi connectivity index (χ1n) is 9.99. The van der Waals surface area contributed by atoms with E-state index in [1.807, 2.05) is 46.0 Å². The normalized spacial score (nSPS) is 15.0. The topological polar surface area (TPSA) is 128 Å². The molecular weight excluding hydrogens is 380 g/mol. The van der Waals surface area contributed by atoms with Crippen LogP contribution >= 0.6 is 0 Å². The van der Waals surface area contributed by atoms with Gasteiger partial charge in [-0.2, -0.15) is 5.10 Å². The van der Waals surface area contributed by atoms with E-state index in [9.17, 15) is 0 Å². The smallest absolute Gasteiger partial charge is 0.186 e. The number of nitrogens with zero attached hydrogens (tertiary/aromatic N) is 7. The molecule has 10 heteroatoms. The van der Waals surface area contributed by atoms with E-state index in [2.05, 4.69) is 25.4 Å². The van der Waals surface area contributed by atoms with Gasteiger partial charge in [-0.25, -0.2) is 20.8 Å². The number of anilines is 2.